The Bertz CT molecular complexity index is 1250. The Morgan fingerprint density at radius 1 is 1.06 bits per heavy atom. The van der Waals surface area contributed by atoms with Gasteiger partial charge in [0.25, 0.3) is 0 Å². The van der Waals surface area contributed by atoms with Gasteiger partial charge in [-0.15, -0.1) is 0 Å². The van der Waals surface area contributed by atoms with E-state index < -0.39 is 11.8 Å². The number of rotatable bonds is 5. The van der Waals surface area contributed by atoms with Crippen LogP contribution in [0.2, 0.25) is 0 Å². The molecule has 0 saturated carbocycles. The van der Waals surface area contributed by atoms with Crippen molar-refractivity contribution in [3.8, 4) is 22.6 Å². The van der Waals surface area contributed by atoms with Gasteiger partial charge in [-0.05, 0) is 74.4 Å². The summed E-state index contributed by atoms with van der Waals surface area (Å²) in [7, 11) is 1.50. The zero-order valence-corrected chi connectivity index (χ0v) is 19.0. The van der Waals surface area contributed by atoms with Crippen molar-refractivity contribution >= 4 is 17.2 Å². The van der Waals surface area contributed by atoms with Crippen LogP contribution in [-0.2, 0) is 11.3 Å². The zero-order valence-electron chi connectivity index (χ0n) is 19.0. The second kappa shape index (κ2) is 8.62. The second-order valence-corrected chi connectivity index (χ2v) is 8.66. The van der Waals surface area contributed by atoms with Crippen molar-refractivity contribution in [1.82, 2.24) is 0 Å². The minimum absolute atomic E-state index is 0.00599. The molecule has 0 aliphatic carbocycles. The van der Waals surface area contributed by atoms with Crippen LogP contribution in [0, 0.1) is 5.82 Å². The second-order valence-electron chi connectivity index (χ2n) is 8.66. The SMILES string of the molecule is COc1cc(F)ccc1-c1ccc2c(c1COC(=O)c1ccc(O)cc1)C(C)=CC(C)(C)N2. The number of ether oxygens (including phenoxy) is 2. The van der Waals surface area contributed by atoms with Crippen LogP contribution >= 0.6 is 0 Å². The minimum atomic E-state index is -0.504. The van der Waals surface area contributed by atoms with Gasteiger partial charge >= 0.3 is 5.97 Å². The minimum Gasteiger partial charge on any atom is -0.508 e. The van der Waals surface area contributed by atoms with E-state index in [1.165, 1.54) is 43.5 Å². The standard InChI is InChI=1S/C27H26FNO4/c1-16-14-27(2,3)29-23-12-11-20(21-10-7-18(28)13-24(21)32-4)22(25(16)23)15-33-26(31)17-5-8-19(30)9-6-17/h5-14,29-30H,15H2,1-4H3. The lowest BCUT2D eigenvalue weighted by Gasteiger charge is -2.33. The van der Waals surface area contributed by atoms with Crippen molar-refractivity contribution in [2.45, 2.75) is 32.9 Å². The summed E-state index contributed by atoms with van der Waals surface area (Å²) in [6.07, 6.45) is 2.13. The summed E-state index contributed by atoms with van der Waals surface area (Å²) >= 11 is 0. The van der Waals surface area contributed by atoms with Gasteiger partial charge in [0.05, 0.1) is 18.2 Å². The van der Waals surface area contributed by atoms with Crippen molar-refractivity contribution in [1.29, 1.82) is 0 Å². The number of hydrogen-bond donors (Lipinski definition) is 2. The maximum Gasteiger partial charge on any atom is 0.338 e. The Hall–Kier alpha value is -3.80. The van der Waals surface area contributed by atoms with E-state index in [0.29, 0.717) is 16.9 Å². The van der Waals surface area contributed by atoms with Crippen molar-refractivity contribution in [2.75, 3.05) is 12.4 Å². The molecule has 0 amide bonds. The molecule has 0 saturated heterocycles. The lowest BCUT2D eigenvalue weighted by Crippen LogP contribution is -2.32. The largest absolute Gasteiger partial charge is 0.508 e. The van der Waals surface area contributed by atoms with Crippen LogP contribution in [0.5, 0.6) is 11.5 Å². The highest BCUT2D eigenvalue weighted by atomic mass is 19.1. The fourth-order valence-corrected chi connectivity index (χ4v) is 4.31. The molecular formula is C27H26FNO4. The van der Waals surface area contributed by atoms with Crippen LogP contribution in [0.15, 0.2) is 60.7 Å². The predicted octanol–water partition coefficient (Wildman–Crippen LogP) is 6.17. The molecule has 6 heteroatoms. The number of benzene rings is 3. The molecule has 0 radical (unpaired) electrons. The topological polar surface area (TPSA) is 67.8 Å². The molecule has 33 heavy (non-hydrogen) atoms. The molecule has 2 N–H and O–H groups in total. The van der Waals surface area contributed by atoms with E-state index >= 15 is 0 Å². The Kier molecular flexibility index (Phi) is 5.85. The number of methoxy groups -OCH3 is 1. The molecule has 0 unspecified atom stereocenters. The molecule has 5 nitrogen and oxygen atoms in total. The molecular weight excluding hydrogens is 421 g/mol. The van der Waals surface area contributed by atoms with Gasteiger partial charge in [-0.3, -0.25) is 0 Å². The number of fused-ring (bicyclic) bond motifs is 1. The number of halogens is 1. The average Bonchev–Trinajstić information content (AvgIpc) is 2.76. The third kappa shape index (κ3) is 4.55. The highest BCUT2D eigenvalue weighted by Gasteiger charge is 2.27. The first kappa shape index (κ1) is 22.4. The van der Waals surface area contributed by atoms with Crippen LogP contribution in [0.1, 0.15) is 42.3 Å². The number of phenols is 1. The number of esters is 1. The van der Waals surface area contributed by atoms with Crippen LogP contribution in [0.25, 0.3) is 16.7 Å². The monoisotopic (exact) mass is 447 g/mol. The van der Waals surface area contributed by atoms with Crippen LogP contribution in [0.4, 0.5) is 10.1 Å². The van der Waals surface area contributed by atoms with Gasteiger partial charge in [0.1, 0.15) is 23.9 Å². The molecule has 0 atom stereocenters. The molecule has 1 aliphatic rings. The predicted molar refractivity (Wildman–Crippen MR) is 127 cm³/mol. The molecule has 0 bridgehead atoms. The number of nitrogens with one attached hydrogen (secondary N) is 1. The van der Waals surface area contributed by atoms with Gasteiger partial charge < -0.3 is 19.9 Å². The normalized spacial score (nSPS) is 14.0. The summed E-state index contributed by atoms with van der Waals surface area (Å²) in [5.41, 5.74) is 5.32. The van der Waals surface area contributed by atoms with Gasteiger partial charge in [-0.25, -0.2) is 9.18 Å². The number of allylic oxidation sites excluding steroid dienone is 1. The smallest absolute Gasteiger partial charge is 0.338 e. The van der Waals surface area contributed by atoms with Crippen LogP contribution in [-0.4, -0.2) is 23.7 Å². The summed E-state index contributed by atoms with van der Waals surface area (Å²) in [6, 6.07) is 14.2. The molecule has 0 spiro atoms. The van der Waals surface area contributed by atoms with Gasteiger partial charge in [0.15, 0.2) is 0 Å². The van der Waals surface area contributed by atoms with Crippen molar-refractivity contribution < 1.29 is 23.8 Å². The number of carbonyl (C=O) groups excluding carboxylic acids is 1. The Balaban J connectivity index is 1.81. The highest BCUT2D eigenvalue weighted by molar-refractivity contribution is 5.91. The maximum atomic E-state index is 13.9. The van der Waals surface area contributed by atoms with E-state index in [9.17, 15) is 14.3 Å². The van der Waals surface area contributed by atoms with Gasteiger partial charge in [-0.1, -0.05) is 12.1 Å². The molecule has 1 aliphatic heterocycles. The Morgan fingerprint density at radius 3 is 2.45 bits per heavy atom. The summed E-state index contributed by atoms with van der Waals surface area (Å²) in [6.45, 7) is 6.20. The summed E-state index contributed by atoms with van der Waals surface area (Å²) in [5.74, 6) is -0.431. The first-order valence-corrected chi connectivity index (χ1v) is 10.6. The molecule has 1 heterocycles. The van der Waals surface area contributed by atoms with Crippen molar-refractivity contribution in [3.63, 3.8) is 0 Å². The van der Waals surface area contributed by atoms with E-state index in [0.717, 1.165) is 28.0 Å². The third-order valence-corrected chi connectivity index (χ3v) is 5.65. The van der Waals surface area contributed by atoms with Gasteiger partial charge in [0.2, 0.25) is 0 Å². The molecule has 0 aromatic heterocycles. The number of hydrogen-bond acceptors (Lipinski definition) is 5. The lowest BCUT2D eigenvalue weighted by atomic mass is 9.85. The van der Waals surface area contributed by atoms with Crippen molar-refractivity contribution in [3.05, 3.63) is 83.2 Å². The molecule has 3 aromatic carbocycles. The van der Waals surface area contributed by atoms with Crippen molar-refractivity contribution in [2.24, 2.45) is 0 Å². The van der Waals surface area contributed by atoms with Crippen LogP contribution in [0.3, 0.4) is 0 Å². The molecule has 4 rings (SSSR count). The third-order valence-electron chi connectivity index (χ3n) is 5.65. The molecule has 3 aromatic rings. The zero-order chi connectivity index (χ0) is 23.8. The first-order valence-electron chi connectivity index (χ1n) is 10.6. The quantitative estimate of drug-likeness (QED) is 0.458. The van der Waals surface area contributed by atoms with E-state index in [1.54, 1.807) is 6.07 Å². The highest BCUT2D eigenvalue weighted by Crippen LogP contribution is 2.42. The summed E-state index contributed by atoms with van der Waals surface area (Å²) in [5, 5.41) is 13.0. The molecule has 0 fully saturated rings. The fourth-order valence-electron chi connectivity index (χ4n) is 4.31. The fraction of sp³-hybridized carbons (Fsp3) is 0.222. The van der Waals surface area contributed by atoms with Gasteiger partial charge in [0, 0.05) is 28.4 Å². The van der Waals surface area contributed by atoms with E-state index in [4.69, 9.17) is 9.47 Å². The van der Waals surface area contributed by atoms with Gasteiger partial charge in [-0.2, -0.15) is 0 Å². The number of anilines is 1. The Morgan fingerprint density at radius 2 is 1.76 bits per heavy atom. The van der Waals surface area contributed by atoms with E-state index in [1.807, 2.05) is 19.1 Å². The number of aromatic hydroxyl groups is 1. The van der Waals surface area contributed by atoms with E-state index in [-0.39, 0.29) is 17.9 Å². The average molecular weight is 448 g/mol. The molecule has 170 valence electrons. The number of carbonyl (C=O) groups is 1. The number of phenolic OH excluding ortho intramolecular Hbond substituents is 1. The van der Waals surface area contributed by atoms with Crippen LogP contribution < -0.4 is 10.1 Å². The maximum absolute atomic E-state index is 13.9. The lowest BCUT2D eigenvalue weighted by molar-refractivity contribution is 0.0473. The van der Waals surface area contributed by atoms with E-state index in [2.05, 4.69) is 25.2 Å². The summed E-state index contributed by atoms with van der Waals surface area (Å²) < 4.78 is 25.0. The Labute approximate surface area is 192 Å². The first-order chi connectivity index (χ1) is 15.7. The summed E-state index contributed by atoms with van der Waals surface area (Å²) in [4.78, 5) is 12.7.